The number of aromatic nitrogens is 2. The molecule has 0 unspecified atom stereocenters. The molecule has 0 radical (unpaired) electrons. The van der Waals surface area contributed by atoms with Crippen LogP contribution in [0.5, 0.6) is 0 Å². The van der Waals surface area contributed by atoms with Crippen LogP contribution in [-0.4, -0.2) is 15.7 Å². The van der Waals surface area contributed by atoms with Crippen LogP contribution in [0.1, 0.15) is 15.9 Å². The third kappa shape index (κ3) is 3.90. The first-order valence-corrected chi connectivity index (χ1v) is 8.19. The van der Waals surface area contributed by atoms with Gasteiger partial charge in [0.05, 0.1) is 17.4 Å². The first kappa shape index (κ1) is 16.8. The molecule has 0 bridgehead atoms. The van der Waals surface area contributed by atoms with Crippen molar-refractivity contribution in [1.29, 1.82) is 0 Å². The van der Waals surface area contributed by atoms with Crippen LogP contribution in [0.4, 0.5) is 0 Å². The Labute approximate surface area is 154 Å². The summed E-state index contributed by atoms with van der Waals surface area (Å²) in [6.45, 7) is 0.307. The van der Waals surface area contributed by atoms with E-state index in [1.807, 2.05) is 12.1 Å². The van der Waals surface area contributed by atoms with Gasteiger partial charge in [0.25, 0.3) is 5.91 Å². The van der Waals surface area contributed by atoms with Gasteiger partial charge in [-0.3, -0.25) is 4.79 Å². The van der Waals surface area contributed by atoms with Gasteiger partial charge in [0.2, 0.25) is 0 Å². The summed E-state index contributed by atoms with van der Waals surface area (Å²) in [5.41, 5.74) is 2.06. The van der Waals surface area contributed by atoms with E-state index in [2.05, 4.69) is 10.4 Å². The van der Waals surface area contributed by atoms with Crippen molar-refractivity contribution in [3.8, 4) is 5.69 Å². The van der Waals surface area contributed by atoms with Gasteiger partial charge in [0.1, 0.15) is 0 Å². The van der Waals surface area contributed by atoms with Crippen molar-refractivity contribution in [2.75, 3.05) is 0 Å². The summed E-state index contributed by atoms with van der Waals surface area (Å²) in [6, 6.07) is 12.3. The average Bonchev–Trinajstić information content (AvgIpc) is 3.04. The van der Waals surface area contributed by atoms with E-state index in [0.29, 0.717) is 27.2 Å². The lowest BCUT2D eigenvalue weighted by molar-refractivity contribution is 0.0951. The molecule has 0 saturated carbocycles. The Bertz CT molecular complexity index is 875. The number of rotatable bonds is 4. The molecule has 0 spiro atoms. The number of hydrogen-bond acceptors (Lipinski definition) is 2. The molecule has 0 saturated heterocycles. The Balaban J connectivity index is 1.68. The van der Waals surface area contributed by atoms with Crippen LogP contribution in [0.15, 0.2) is 54.9 Å². The first-order chi connectivity index (χ1) is 11.5. The lowest BCUT2D eigenvalue weighted by Gasteiger charge is -2.06. The van der Waals surface area contributed by atoms with Crippen molar-refractivity contribution in [3.05, 3.63) is 81.1 Å². The number of nitrogens with one attached hydrogen (secondary N) is 1. The monoisotopic (exact) mass is 379 g/mol. The molecular formula is C17H12Cl3N3O. The Morgan fingerprint density at radius 3 is 2.46 bits per heavy atom. The molecule has 4 nitrogen and oxygen atoms in total. The quantitative estimate of drug-likeness (QED) is 0.709. The van der Waals surface area contributed by atoms with Gasteiger partial charge in [-0.2, -0.15) is 5.10 Å². The highest BCUT2D eigenvalue weighted by Gasteiger charge is 2.10. The molecule has 2 aromatic carbocycles. The number of carbonyl (C=O) groups is 1. The molecule has 0 fully saturated rings. The zero-order valence-electron chi connectivity index (χ0n) is 12.3. The zero-order chi connectivity index (χ0) is 17.1. The molecule has 24 heavy (non-hydrogen) atoms. The van der Waals surface area contributed by atoms with E-state index in [-0.39, 0.29) is 5.91 Å². The van der Waals surface area contributed by atoms with Crippen molar-refractivity contribution in [2.24, 2.45) is 0 Å². The van der Waals surface area contributed by atoms with E-state index in [4.69, 9.17) is 34.8 Å². The molecule has 3 rings (SSSR count). The summed E-state index contributed by atoms with van der Waals surface area (Å²) < 4.78 is 1.61. The fourth-order valence-corrected chi connectivity index (χ4v) is 2.72. The van der Waals surface area contributed by atoms with Crippen molar-refractivity contribution < 1.29 is 4.79 Å². The minimum atomic E-state index is -0.235. The van der Waals surface area contributed by atoms with Crippen molar-refractivity contribution >= 4 is 40.7 Å². The van der Waals surface area contributed by atoms with Gasteiger partial charge >= 0.3 is 0 Å². The highest BCUT2D eigenvalue weighted by Crippen LogP contribution is 2.21. The summed E-state index contributed by atoms with van der Waals surface area (Å²) in [4.78, 5) is 12.2. The van der Waals surface area contributed by atoms with Crippen LogP contribution in [0.25, 0.3) is 5.69 Å². The summed E-state index contributed by atoms with van der Waals surface area (Å²) in [5.74, 6) is -0.235. The lowest BCUT2D eigenvalue weighted by atomic mass is 10.2. The van der Waals surface area contributed by atoms with Gasteiger partial charge in [-0.1, -0.05) is 40.9 Å². The number of nitrogens with zero attached hydrogens (tertiary/aromatic N) is 2. The van der Waals surface area contributed by atoms with Crippen LogP contribution in [0.2, 0.25) is 15.1 Å². The highest BCUT2D eigenvalue weighted by atomic mass is 35.5. The van der Waals surface area contributed by atoms with Gasteiger partial charge < -0.3 is 5.32 Å². The van der Waals surface area contributed by atoms with E-state index >= 15 is 0 Å². The Kier molecular flexibility index (Phi) is 5.09. The lowest BCUT2D eigenvalue weighted by Crippen LogP contribution is -2.22. The molecule has 0 aliphatic rings. The molecule has 0 aliphatic carbocycles. The minimum Gasteiger partial charge on any atom is -0.348 e. The number of halogens is 3. The molecule has 3 aromatic rings. The minimum absolute atomic E-state index is 0.235. The fraction of sp³-hybridized carbons (Fsp3) is 0.0588. The first-order valence-electron chi connectivity index (χ1n) is 7.05. The maximum Gasteiger partial charge on any atom is 0.254 e. The van der Waals surface area contributed by atoms with Crippen molar-refractivity contribution in [3.63, 3.8) is 0 Å². The second-order valence-corrected chi connectivity index (χ2v) is 6.35. The van der Waals surface area contributed by atoms with Crippen LogP contribution >= 0.6 is 34.8 Å². The Morgan fingerprint density at radius 1 is 1.04 bits per heavy atom. The molecule has 1 N–H and O–H groups in total. The van der Waals surface area contributed by atoms with Crippen molar-refractivity contribution in [1.82, 2.24) is 15.1 Å². The maximum atomic E-state index is 12.2. The Morgan fingerprint density at radius 2 is 1.75 bits per heavy atom. The molecule has 1 amide bonds. The normalized spacial score (nSPS) is 10.6. The van der Waals surface area contributed by atoms with Crippen LogP contribution in [-0.2, 0) is 6.54 Å². The molecule has 0 aliphatic heterocycles. The second-order valence-electron chi connectivity index (χ2n) is 5.07. The molecule has 0 atom stereocenters. The summed E-state index contributed by atoms with van der Waals surface area (Å²) in [5, 5.41) is 8.71. The second kappa shape index (κ2) is 7.26. The SMILES string of the molecule is O=C(NCc1ccc(Cl)cc1Cl)c1cnn(-c2ccc(Cl)cc2)c1. The maximum absolute atomic E-state index is 12.2. The standard InChI is InChI=1S/C17H12Cl3N3O/c18-13-3-5-15(6-4-13)23-10-12(9-22-23)17(24)21-8-11-1-2-14(19)7-16(11)20/h1-7,9-10H,8H2,(H,21,24). The molecule has 122 valence electrons. The summed E-state index contributed by atoms with van der Waals surface area (Å²) in [6.07, 6.45) is 3.16. The van der Waals surface area contributed by atoms with Gasteiger partial charge in [-0.05, 0) is 42.0 Å². The zero-order valence-corrected chi connectivity index (χ0v) is 14.6. The number of benzene rings is 2. The van der Waals surface area contributed by atoms with Crippen LogP contribution < -0.4 is 5.32 Å². The Hall–Kier alpha value is -2.01. The summed E-state index contributed by atoms with van der Waals surface area (Å²) in [7, 11) is 0. The van der Waals surface area contributed by atoms with Crippen LogP contribution in [0, 0.1) is 0 Å². The highest BCUT2D eigenvalue weighted by molar-refractivity contribution is 6.35. The topological polar surface area (TPSA) is 46.9 Å². The number of amides is 1. The molecular weight excluding hydrogens is 369 g/mol. The summed E-state index contributed by atoms with van der Waals surface area (Å²) >= 11 is 17.8. The van der Waals surface area contributed by atoms with Gasteiger partial charge in [0.15, 0.2) is 0 Å². The number of carbonyl (C=O) groups excluding carboxylic acids is 1. The average molecular weight is 381 g/mol. The van der Waals surface area contributed by atoms with E-state index in [1.54, 1.807) is 41.2 Å². The van der Waals surface area contributed by atoms with Gasteiger partial charge in [0, 0.05) is 27.8 Å². The smallest absolute Gasteiger partial charge is 0.254 e. The third-order valence-electron chi connectivity index (χ3n) is 3.39. The van der Waals surface area contributed by atoms with Gasteiger partial charge in [-0.15, -0.1) is 0 Å². The molecule has 7 heteroatoms. The van der Waals surface area contributed by atoms with E-state index in [0.717, 1.165) is 11.3 Å². The largest absolute Gasteiger partial charge is 0.348 e. The van der Waals surface area contributed by atoms with E-state index < -0.39 is 0 Å². The van der Waals surface area contributed by atoms with Crippen LogP contribution in [0.3, 0.4) is 0 Å². The fourth-order valence-electron chi connectivity index (χ4n) is 2.12. The molecule has 1 heterocycles. The predicted octanol–water partition coefficient (Wildman–Crippen LogP) is 4.76. The van der Waals surface area contributed by atoms with E-state index in [9.17, 15) is 4.79 Å². The van der Waals surface area contributed by atoms with E-state index in [1.165, 1.54) is 6.20 Å². The third-order valence-corrected chi connectivity index (χ3v) is 4.23. The predicted molar refractivity (Wildman–Crippen MR) is 96.2 cm³/mol. The number of hydrogen-bond donors (Lipinski definition) is 1. The van der Waals surface area contributed by atoms with Crippen molar-refractivity contribution in [2.45, 2.75) is 6.54 Å². The van der Waals surface area contributed by atoms with Gasteiger partial charge in [-0.25, -0.2) is 4.68 Å². The molecule has 1 aromatic heterocycles.